The highest BCUT2D eigenvalue weighted by Crippen LogP contribution is 2.25. The smallest absolute Gasteiger partial charge is 0.309 e. The molecule has 6 heteroatoms. The first kappa shape index (κ1) is 17.4. The van der Waals surface area contributed by atoms with Crippen molar-refractivity contribution in [1.82, 2.24) is 0 Å². The van der Waals surface area contributed by atoms with Gasteiger partial charge in [0.1, 0.15) is 6.61 Å². The summed E-state index contributed by atoms with van der Waals surface area (Å²) in [6, 6.07) is 0. The fourth-order valence-corrected chi connectivity index (χ4v) is 2.16. The zero-order chi connectivity index (χ0) is 14.6. The average molecular weight is 290 g/mol. The Labute approximate surface area is 120 Å². The largest absolute Gasteiger partial charge is 0.463 e. The van der Waals surface area contributed by atoms with E-state index in [0.29, 0.717) is 39.5 Å². The molecule has 2 unspecified atom stereocenters. The highest BCUT2D eigenvalue weighted by molar-refractivity contribution is 5.72. The van der Waals surface area contributed by atoms with E-state index in [2.05, 4.69) is 0 Å². The number of esters is 1. The highest BCUT2D eigenvalue weighted by Gasteiger charge is 2.27. The second-order valence-corrected chi connectivity index (χ2v) is 4.90. The maximum absolute atomic E-state index is 11.7. The Kier molecular flexibility index (Phi) is 9.57. The minimum atomic E-state index is -0.359. The summed E-state index contributed by atoms with van der Waals surface area (Å²) in [4.78, 5) is 11.7. The van der Waals surface area contributed by atoms with Crippen molar-refractivity contribution in [1.29, 1.82) is 0 Å². The number of rotatable bonds is 10. The molecule has 1 aliphatic carbocycles. The molecule has 20 heavy (non-hydrogen) atoms. The molecule has 1 fully saturated rings. The fourth-order valence-electron chi connectivity index (χ4n) is 2.16. The maximum atomic E-state index is 11.7. The van der Waals surface area contributed by atoms with Gasteiger partial charge >= 0.3 is 5.97 Å². The first-order valence-electron chi connectivity index (χ1n) is 7.23. The Hall–Kier alpha value is -0.690. The van der Waals surface area contributed by atoms with Crippen molar-refractivity contribution in [2.24, 2.45) is 5.92 Å². The average Bonchev–Trinajstić information content (AvgIpc) is 2.45. The van der Waals surface area contributed by atoms with Crippen molar-refractivity contribution in [2.45, 2.75) is 31.8 Å². The summed E-state index contributed by atoms with van der Waals surface area (Å²) in [5, 5.41) is 9.50. The molecule has 0 aliphatic heterocycles. The van der Waals surface area contributed by atoms with E-state index in [1.54, 1.807) is 7.11 Å². The van der Waals surface area contributed by atoms with Gasteiger partial charge in [-0.1, -0.05) is 6.42 Å². The van der Waals surface area contributed by atoms with Crippen LogP contribution in [0.2, 0.25) is 0 Å². The SMILES string of the molecule is COCCOCCOCCOC(=O)C1CCCC(O)C1. The molecule has 0 spiro atoms. The van der Waals surface area contributed by atoms with E-state index < -0.39 is 0 Å². The quantitative estimate of drug-likeness (QED) is 0.473. The van der Waals surface area contributed by atoms with Crippen molar-refractivity contribution >= 4 is 5.97 Å². The lowest BCUT2D eigenvalue weighted by Gasteiger charge is -2.24. The molecule has 0 bridgehead atoms. The van der Waals surface area contributed by atoms with Gasteiger partial charge in [0.05, 0.1) is 45.1 Å². The monoisotopic (exact) mass is 290 g/mol. The van der Waals surface area contributed by atoms with Crippen LogP contribution in [0, 0.1) is 5.92 Å². The zero-order valence-electron chi connectivity index (χ0n) is 12.2. The summed E-state index contributed by atoms with van der Waals surface area (Å²) in [6.45, 7) is 2.73. The van der Waals surface area contributed by atoms with E-state index in [9.17, 15) is 9.90 Å². The normalized spacial score (nSPS) is 22.7. The topological polar surface area (TPSA) is 74.2 Å². The van der Waals surface area contributed by atoms with E-state index in [1.807, 2.05) is 0 Å². The summed E-state index contributed by atoms with van der Waals surface area (Å²) in [5.41, 5.74) is 0. The van der Waals surface area contributed by atoms with Crippen LogP contribution in [-0.2, 0) is 23.7 Å². The molecule has 0 aromatic carbocycles. The van der Waals surface area contributed by atoms with Crippen LogP contribution in [0.3, 0.4) is 0 Å². The lowest BCUT2D eigenvalue weighted by Crippen LogP contribution is -2.28. The highest BCUT2D eigenvalue weighted by atomic mass is 16.6. The molecule has 0 heterocycles. The van der Waals surface area contributed by atoms with Crippen LogP contribution in [0.5, 0.6) is 0 Å². The predicted octanol–water partition coefficient (Wildman–Crippen LogP) is 0.760. The Balaban J connectivity index is 1.91. The van der Waals surface area contributed by atoms with Gasteiger partial charge in [-0.05, 0) is 19.3 Å². The molecule has 0 amide bonds. The lowest BCUT2D eigenvalue weighted by molar-refractivity contribution is -0.152. The van der Waals surface area contributed by atoms with Crippen molar-refractivity contribution in [3.05, 3.63) is 0 Å². The standard InChI is InChI=1S/C14H26O6/c1-17-5-6-18-7-8-19-9-10-20-14(16)12-3-2-4-13(15)11-12/h12-13,15H,2-11H2,1H3. The van der Waals surface area contributed by atoms with Crippen LogP contribution >= 0.6 is 0 Å². The molecule has 0 saturated heterocycles. The van der Waals surface area contributed by atoms with Gasteiger partial charge in [0.25, 0.3) is 0 Å². The minimum Gasteiger partial charge on any atom is -0.463 e. The molecular formula is C14H26O6. The Morgan fingerprint density at radius 3 is 2.35 bits per heavy atom. The predicted molar refractivity (Wildman–Crippen MR) is 72.4 cm³/mol. The second-order valence-electron chi connectivity index (χ2n) is 4.90. The molecule has 118 valence electrons. The molecule has 0 aromatic heterocycles. The van der Waals surface area contributed by atoms with Gasteiger partial charge in [-0.15, -0.1) is 0 Å². The van der Waals surface area contributed by atoms with Gasteiger partial charge in [0, 0.05) is 7.11 Å². The molecule has 1 N–H and O–H groups in total. The van der Waals surface area contributed by atoms with Gasteiger partial charge in [-0.25, -0.2) is 0 Å². The first-order valence-corrected chi connectivity index (χ1v) is 7.23. The van der Waals surface area contributed by atoms with E-state index in [4.69, 9.17) is 18.9 Å². The van der Waals surface area contributed by atoms with Gasteiger partial charge in [-0.3, -0.25) is 4.79 Å². The van der Waals surface area contributed by atoms with Crippen molar-refractivity contribution in [3.63, 3.8) is 0 Å². The number of ether oxygens (including phenoxy) is 4. The molecule has 1 rings (SSSR count). The Morgan fingerprint density at radius 1 is 1.05 bits per heavy atom. The van der Waals surface area contributed by atoms with E-state index >= 15 is 0 Å². The molecule has 0 aromatic rings. The Morgan fingerprint density at radius 2 is 1.70 bits per heavy atom. The first-order chi connectivity index (χ1) is 9.74. The molecule has 2 atom stereocenters. The third kappa shape index (κ3) is 7.79. The lowest BCUT2D eigenvalue weighted by atomic mass is 9.87. The van der Waals surface area contributed by atoms with Gasteiger partial charge < -0.3 is 24.1 Å². The summed E-state index contributed by atoms with van der Waals surface area (Å²) in [5.74, 6) is -0.375. The van der Waals surface area contributed by atoms with E-state index in [1.165, 1.54) is 0 Å². The summed E-state index contributed by atoms with van der Waals surface area (Å²) in [7, 11) is 1.62. The number of methoxy groups -OCH3 is 1. The van der Waals surface area contributed by atoms with Crippen molar-refractivity contribution in [3.8, 4) is 0 Å². The van der Waals surface area contributed by atoms with Crippen molar-refractivity contribution < 1.29 is 28.8 Å². The fraction of sp³-hybridized carbons (Fsp3) is 0.929. The summed E-state index contributed by atoms with van der Waals surface area (Å²) >= 11 is 0. The van der Waals surface area contributed by atoms with Crippen LogP contribution in [-0.4, -0.2) is 63.9 Å². The molecule has 1 aliphatic rings. The van der Waals surface area contributed by atoms with Crippen LogP contribution in [0.15, 0.2) is 0 Å². The number of aliphatic hydroxyl groups is 1. The number of carbonyl (C=O) groups is 1. The molecule has 1 saturated carbocycles. The number of hydrogen-bond acceptors (Lipinski definition) is 6. The van der Waals surface area contributed by atoms with Crippen LogP contribution in [0.25, 0.3) is 0 Å². The van der Waals surface area contributed by atoms with Crippen LogP contribution in [0.1, 0.15) is 25.7 Å². The number of hydrogen-bond donors (Lipinski definition) is 1. The zero-order valence-corrected chi connectivity index (χ0v) is 12.2. The minimum absolute atomic E-state index is 0.156. The summed E-state index contributed by atoms with van der Waals surface area (Å²) in [6.07, 6.45) is 2.64. The Bertz CT molecular complexity index is 258. The van der Waals surface area contributed by atoms with E-state index in [0.717, 1.165) is 19.3 Å². The second kappa shape index (κ2) is 11.0. The van der Waals surface area contributed by atoms with Crippen LogP contribution in [0.4, 0.5) is 0 Å². The third-order valence-electron chi connectivity index (χ3n) is 3.26. The number of aliphatic hydroxyl groups excluding tert-OH is 1. The molecule has 6 nitrogen and oxygen atoms in total. The molecular weight excluding hydrogens is 264 g/mol. The van der Waals surface area contributed by atoms with Gasteiger partial charge in [0.2, 0.25) is 0 Å². The molecule has 0 radical (unpaired) electrons. The third-order valence-corrected chi connectivity index (χ3v) is 3.26. The summed E-state index contributed by atoms with van der Waals surface area (Å²) < 4.78 is 20.5. The van der Waals surface area contributed by atoms with Crippen molar-refractivity contribution in [2.75, 3.05) is 46.8 Å². The van der Waals surface area contributed by atoms with E-state index in [-0.39, 0.29) is 24.6 Å². The maximum Gasteiger partial charge on any atom is 0.309 e. The number of carbonyl (C=O) groups excluding carboxylic acids is 1. The van der Waals surface area contributed by atoms with Gasteiger partial charge in [0.15, 0.2) is 0 Å². The van der Waals surface area contributed by atoms with Gasteiger partial charge in [-0.2, -0.15) is 0 Å². The van der Waals surface area contributed by atoms with Crippen LogP contribution < -0.4 is 0 Å².